The number of pyridine rings is 1. The van der Waals surface area contributed by atoms with E-state index >= 15 is 0 Å². The van der Waals surface area contributed by atoms with E-state index in [2.05, 4.69) is 15.3 Å². The number of aryl methyl sites for hydroxylation is 1. The van der Waals surface area contributed by atoms with Gasteiger partial charge in [0.15, 0.2) is 0 Å². The van der Waals surface area contributed by atoms with Crippen molar-refractivity contribution < 1.29 is 4.39 Å². The number of fused-ring (bicyclic) bond motifs is 1. The number of halogens is 1. The van der Waals surface area contributed by atoms with E-state index in [0.29, 0.717) is 13.1 Å². The van der Waals surface area contributed by atoms with Gasteiger partial charge in [0.1, 0.15) is 5.82 Å². The van der Waals surface area contributed by atoms with Crippen molar-refractivity contribution in [3.05, 3.63) is 53.7 Å². The van der Waals surface area contributed by atoms with E-state index in [1.165, 1.54) is 12.1 Å². The summed E-state index contributed by atoms with van der Waals surface area (Å²) < 4.78 is 15.4. The summed E-state index contributed by atoms with van der Waals surface area (Å²) in [6.07, 6.45) is 5.26. The molecule has 2 N–H and O–H groups in total. The average molecular weight is 285 g/mol. The lowest BCUT2D eigenvalue weighted by molar-refractivity contribution is 0.617. The van der Waals surface area contributed by atoms with Crippen LogP contribution in [0.15, 0.2) is 36.7 Å². The van der Waals surface area contributed by atoms with Crippen molar-refractivity contribution in [3.8, 4) is 0 Å². The first-order valence-corrected chi connectivity index (χ1v) is 6.88. The lowest BCUT2D eigenvalue weighted by Crippen LogP contribution is -2.02. The number of benzene rings is 1. The molecule has 0 radical (unpaired) electrons. The number of nitrogens with zero attached hydrogens (tertiary/aromatic N) is 4. The van der Waals surface area contributed by atoms with Crippen LogP contribution in [0.1, 0.15) is 17.7 Å². The van der Waals surface area contributed by atoms with Crippen LogP contribution >= 0.6 is 0 Å². The molecule has 3 aromatic rings. The van der Waals surface area contributed by atoms with E-state index in [0.717, 1.165) is 35.0 Å². The smallest absolute Gasteiger partial charge is 0.124 e. The van der Waals surface area contributed by atoms with E-state index in [1.54, 1.807) is 16.9 Å². The van der Waals surface area contributed by atoms with Crippen molar-refractivity contribution in [2.24, 2.45) is 5.73 Å². The molecule has 6 heteroatoms. The summed E-state index contributed by atoms with van der Waals surface area (Å²) in [5.74, 6) is -0.269. The van der Waals surface area contributed by atoms with Crippen LogP contribution in [-0.2, 0) is 13.0 Å². The van der Waals surface area contributed by atoms with Crippen LogP contribution < -0.4 is 5.73 Å². The lowest BCUT2D eigenvalue weighted by atomic mass is 10.1. The lowest BCUT2D eigenvalue weighted by Gasteiger charge is -2.06. The maximum atomic E-state index is 13.7. The Balaban J connectivity index is 1.89. The summed E-state index contributed by atoms with van der Waals surface area (Å²) >= 11 is 0. The molecular formula is C15H16FN5. The molecule has 2 heterocycles. The van der Waals surface area contributed by atoms with Gasteiger partial charge in [-0.2, -0.15) is 0 Å². The zero-order chi connectivity index (χ0) is 14.7. The van der Waals surface area contributed by atoms with Gasteiger partial charge in [-0.15, -0.1) is 5.10 Å². The summed E-state index contributed by atoms with van der Waals surface area (Å²) in [6.45, 7) is 1.08. The van der Waals surface area contributed by atoms with Gasteiger partial charge in [0.2, 0.25) is 0 Å². The van der Waals surface area contributed by atoms with Gasteiger partial charge in [0, 0.05) is 23.3 Å². The van der Waals surface area contributed by atoms with Crippen molar-refractivity contribution in [2.45, 2.75) is 19.4 Å². The largest absolute Gasteiger partial charge is 0.330 e. The first-order chi connectivity index (χ1) is 10.3. The molecule has 108 valence electrons. The standard InChI is InChI=1S/C15H16FN5/c16-13-7-11-3-2-6-18-15(11)12(8-13)9-21-10-14(19-20-21)4-1-5-17/h2-3,6-8,10H,1,4-5,9,17H2. The Hall–Kier alpha value is -2.34. The highest BCUT2D eigenvalue weighted by Crippen LogP contribution is 2.19. The average Bonchev–Trinajstić information content (AvgIpc) is 2.92. The van der Waals surface area contributed by atoms with Crippen molar-refractivity contribution >= 4 is 10.9 Å². The summed E-state index contributed by atoms with van der Waals surface area (Å²) in [5, 5.41) is 8.96. The topological polar surface area (TPSA) is 69.6 Å². The minimum atomic E-state index is -0.269. The number of aromatic nitrogens is 4. The Morgan fingerprint density at radius 1 is 1.29 bits per heavy atom. The summed E-state index contributed by atoms with van der Waals surface area (Å²) in [7, 11) is 0. The van der Waals surface area contributed by atoms with Crippen LogP contribution in [0.4, 0.5) is 4.39 Å². The zero-order valence-corrected chi connectivity index (χ0v) is 11.5. The predicted molar refractivity (Wildman–Crippen MR) is 78.2 cm³/mol. The fourth-order valence-electron chi connectivity index (χ4n) is 2.34. The van der Waals surface area contributed by atoms with Gasteiger partial charge in [-0.25, -0.2) is 9.07 Å². The number of hydrogen-bond acceptors (Lipinski definition) is 4. The molecular weight excluding hydrogens is 269 g/mol. The third-order valence-electron chi connectivity index (χ3n) is 3.30. The molecule has 21 heavy (non-hydrogen) atoms. The SMILES string of the molecule is NCCCc1cn(Cc2cc(F)cc3cccnc23)nn1. The van der Waals surface area contributed by atoms with Crippen LogP contribution in [0, 0.1) is 5.82 Å². The first-order valence-electron chi connectivity index (χ1n) is 6.88. The van der Waals surface area contributed by atoms with Crippen LogP contribution in [0.25, 0.3) is 10.9 Å². The fraction of sp³-hybridized carbons (Fsp3) is 0.267. The molecule has 0 aliphatic heterocycles. The van der Waals surface area contributed by atoms with Crippen LogP contribution in [0.2, 0.25) is 0 Å². The maximum Gasteiger partial charge on any atom is 0.124 e. The quantitative estimate of drug-likeness (QED) is 0.777. The molecule has 0 saturated carbocycles. The van der Waals surface area contributed by atoms with Crippen molar-refractivity contribution in [2.75, 3.05) is 6.54 Å². The van der Waals surface area contributed by atoms with Gasteiger partial charge in [-0.1, -0.05) is 11.3 Å². The monoisotopic (exact) mass is 285 g/mol. The minimum Gasteiger partial charge on any atom is -0.330 e. The number of rotatable bonds is 5. The molecule has 5 nitrogen and oxygen atoms in total. The summed E-state index contributed by atoms with van der Waals surface area (Å²) in [4.78, 5) is 4.33. The molecule has 0 fully saturated rings. The normalized spacial score (nSPS) is 11.1. The second kappa shape index (κ2) is 5.97. The molecule has 0 bridgehead atoms. The molecule has 1 aromatic carbocycles. The Morgan fingerprint density at radius 2 is 2.19 bits per heavy atom. The molecule has 0 atom stereocenters. The van der Waals surface area contributed by atoms with Gasteiger partial charge in [0.05, 0.1) is 17.8 Å². The first kappa shape index (κ1) is 13.6. The third-order valence-corrected chi connectivity index (χ3v) is 3.30. The van der Waals surface area contributed by atoms with Crippen molar-refractivity contribution in [1.82, 2.24) is 20.0 Å². The number of hydrogen-bond donors (Lipinski definition) is 1. The molecule has 0 amide bonds. The van der Waals surface area contributed by atoms with Gasteiger partial charge in [-0.05, 0) is 37.6 Å². The van der Waals surface area contributed by atoms with E-state index in [4.69, 9.17) is 5.73 Å². The third kappa shape index (κ3) is 3.05. The Kier molecular flexibility index (Phi) is 3.87. The van der Waals surface area contributed by atoms with E-state index in [-0.39, 0.29) is 5.82 Å². The van der Waals surface area contributed by atoms with Gasteiger partial charge < -0.3 is 5.73 Å². The molecule has 0 spiro atoms. The van der Waals surface area contributed by atoms with E-state index < -0.39 is 0 Å². The molecule has 0 unspecified atom stereocenters. The van der Waals surface area contributed by atoms with Crippen LogP contribution in [-0.4, -0.2) is 26.5 Å². The van der Waals surface area contributed by atoms with Crippen LogP contribution in [0.5, 0.6) is 0 Å². The molecule has 0 saturated heterocycles. The second-order valence-electron chi connectivity index (χ2n) is 4.94. The highest BCUT2D eigenvalue weighted by Gasteiger charge is 2.08. The molecule has 0 aliphatic carbocycles. The van der Waals surface area contributed by atoms with Gasteiger partial charge >= 0.3 is 0 Å². The summed E-state index contributed by atoms with van der Waals surface area (Å²) in [5.41, 5.74) is 7.96. The molecule has 3 rings (SSSR count). The van der Waals surface area contributed by atoms with Crippen LogP contribution in [0.3, 0.4) is 0 Å². The number of nitrogens with two attached hydrogens (primary N) is 1. The minimum absolute atomic E-state index is 0.269. The highest BCUT2D eigenvalue weighted by atomic mass is 19.1. The van der Waals surface area contributed by atoms with Crippen molar-refractivity contribution in [1.29, 1.82) is 0 Å². The van der Waals surface area contributed by atoms with E-state index in [9.17, 15) is 4.39 Å². The Labute approximate surface area is 121 Å². The fourth-order valence-corrected chi connectivity index (χ4v) is 2.34. The molecule has 2 aromatic heterocycles. The zero-order valence-electron chi connectivity index (χ0n) is 11.5. The second-order valence-corrected chi connectivity index (χ2v) is 4.94. The maximum absolute atomic E-state index is 13.7. The van der Waals surface area contributed by atoms with Gasteiger partial charge in [0.25, 0.3) is 0 Å². The summed E-state index contributed by atoms with van der Waals surface area (Å²) in [6, 6.07) is 6.63. The molecule has 0 aliphatic rings. The Bertz CT molecular complexity index is 753. The van der Waals surface area contributed by atoms with E-state index in [1.807, 2.05) is 12.3 Å². The predicted octanol–water partition coefficient (Wildman–Crippen LogP) is 1.90. The highest BCUT2D eigenvalue weighted by molar-refractivity contribution is 5.81. The Morgan fingerprint density at radius 3 is 3.05 bits per heavy atom. The van der Waals surface area contributed by atoms with Crippen molar-refractivity contribution in [3.63, 3.8) is 0 Å². The van der Waals surface area contributed by atoms with Gasteiger partial charge in [-0.3, -0.25) is 4.98 Å².